The van der Waals surface area contributed by atoms with Gasteiger partial charge in [-0.2, -0.15) is 0 Å². The summed E-state index contributed by atoms with van der Waals surface area (Å²) in [6, 6.07) is 6.34. The van der Waals surface area contributed by atoms with Crippen LogP contribution in [0.3, 0.4) is 0 Å². The van der Waals surface area contributed by atoms with Crippen molar-refractivity contribution in [3.05, 3.63) is 35.0 Å². The highest BCUT2D eigenvalue weighted by molar-refractivity contribution is 6.36. The SMILES string of the molecule is Cn1ccc2c(Cl)c(CCCCN)ccc21. The zero-order valence-electron chi connectivity index (χ0n) is 9.54. The average molecular weight is 237 g/mol. The fraction of sp³-hybridized carbons (Fsp3) is 0.385. The van der Waals surface area contributed by atoms with Gasteiger partial charge in [-0.25, -0.2) is 0 Å². The predicted molar refractivity (Wildman–Crippen MR) is 69.9 cm³/mol. The first-order chi connectivity index (χ1) is 7.74. The van der Waals surface area contributed by atoms with Crippen molar-refractivity contribution in [2.75, 3.05) is 6.54 Å². The van der Waals surface area contributed by atoms with Crippen LogP contribution in [0.2, 0.25) is 5.02 Å². The number of aromatic nitrogens is 1. The number of nitrogens with two attached hydrogens (primary N) is 1. The summed E-state index contributed by atoms with van der Waals surface area (Å²) in [5, 5.41) is 2.05. The van der Waals surface area contributed by atoms with Gasteiger partial charge in [-0.1, -0.05) is 17.7 Å². The molecular weight excluding hydrogens is 220 g/mol. The van der Waals surface area contributed by atoms with Crippen LogP contribution in [-0.2, 0) is 13.5 Å². The summed E-state index contributed by atoms with van der Waals surface area (Å²) in [7, 11) is 2.03. The molecule has 0 saturated heterocycles. The fourth-order valence-electron chi connectivity index (χ4n) is 2.01. The van der Waals surface area contributed by atoms with Crippen molar-refractivity contribution in [3.8, 4) is 0 Å². The van der Waals surface area contributed by atoms with E-state index >= 15 is 0 Å². The van der Waals surface area contributed by atoms with Gasteiger partial charge in [0.05, 0.1) is 5.02 Å². The topological polar surface area (TPSA) is 30.9 Å². The second-order valence-corrected chi connectivity index (χ2v) is 4.52. The van der Waals surface area contributed by atoms with Crippen molar-refractivity contribution < 1.29 is 0 Å². The smallest absolute Gasteiger partial charge is 0.0531 e. The van der Waals surface area contributed by atoms with E-state index in [4.69, 9.17) is 17.3 Å². The lowest BCUT2D eigenvalue weighted by atomic mass is 10.1. The number of benzene rings is 1. The van der Waals surface area contributed by atoms with Crippen molar-refractivity contribution in [3.63, 3.8) is 0 Å². The molecule has 0 aliphatic heterocycles. The Hall–Kier alpha value is -0.990. The first-order valence-corrected chi connectivity index (χ1v) is 6.04. The Bertz CT molecular complexity index is 488. The zero-order valence-corrected chi connectivity index (χ0v) is 10.3. The molecule has 0 saturated carbocycles. The third kappa shape index (κ3) is 2.08. The highest BCUT2D eigenvalue weighted by atomic mass is 35.5. The molecule has 0 aliphatic carbocycles. The number of unbranched alkanes of at least 4 members (excludes halogenated alkanes) is 1. The van der Waals surface area contributed by atoms with Gasteiger partial charge in [-0.3, -0.25) is 0 Å². The van der Waals surface area contributed by atoms with E-state index in [0.29, 0.717) is 0 Å². The number of fused-ring (bicyclic) bond motifs is 1. The summed E-state index contributed by atoms with van der Waals surface area (Å²) in [5.41, 5.74) is 7.91. The third-order valence-electron chi connectivity index (χ3n) is 2.98. The Balaban J connectivity index is 2.30. The summed E-state index contributed by atoms with van der Waals surface area (Å²) in [4.78, 5) is 0. The van der Waals surface area contributed by atoms with Crippen LogP contribution < -0.4 is 5.73 Å². The molecule has 0 atom stereocenters. The molecular formula is C13H17ClN2. The number of hydrogen-bond acceptors (Lipinski definition) is 1. The fourth-order valence-corrected chi connectivity index (χ4v) is 2.33. The van der Waals surface area contributed by atoms with Crippen LogP contribution in [-0.4, -0.2) is 11.1 Å². The van der Waals surface area contributed by atoms with Crippen LogP contribution in [0.25, 0.3) is 10.9 Å². The summed E-state index contributed by atoms with van der Waals surface area (Å²) < 4.78 is 2.09. The van der Waals surface area contributed by atoms with Gasteiger partial charge >= 0.3 is 0 Å². The summed E-state index contributed by atoms with van der Waals surface area (Å²) in [6.45, 7) is 0.755. The number of aryl methyl sites for hydroxylation is 2. The molecule has 2 N–H and O–H groups in total. The van der Waals surface area contributed by atoms with Gasteiger partial charge in [0, 0.05) is 24.1 Å². The Morgan fingerprint density at radius 3 is 2.81 bits per heavy atom. The number of rotatable bonds is 4. The molecule has 1 aromatic carbocycles. The summed E-state index contributed by atoms with van der Waals surface area (Å²) >= 11 is 6.39. The summed E-state index contributed by atoms with van der Waals surface area (Å²) in [5.74, 6) is 0. The number of hydrogen-bond donors (Lipinski definition) is 1. The van der Waals surface area contributed by atoms with E-state index in [2.05, 4.69) is 22.8 Å². The van der Waals surface area contributed by atoms with E-state index < -0.39 is 0 Å². The van der Waals surface area contributed by atoms with E-state index in [1.165, 1.54) is 11.1 Å². The maximum Gasteiger partial charge on any atom is 0.0531 e. The maximum absolute atomic E-state index is 6.39. The van der Waals surface area contributed by atoms with E-state index in [1.807, 2.05) is 13.2 Å². The van der Waals surface area contributed by atoms with Gasteiger partial charge < -0.3 is 10.3 Å². The first kappa shape index (κ1) is 11.5. The molecule has 2 aromatic rings. The Morgan fingerprint density at radius 1 is 1.25 bits per heavy atom. The van der Waals surface area contributed by atoms with Gasteiger partial charge in [0.2, 0.25) is 0 Å². The van der Waals surface area contributed by atoms with Gasteiger partial charge in [-0.15, -0.1) is 0 Å². The maximum atomic E-state index is 6.39. The number of halogens is 1. The van der Waals surface area contributed by atoms with Crippen molar-refractivity contribution in [2.24, 2.45) is 12.8 Å². The lowest BCUT2D eigenvalue weighted by Gasteiger charge is -2.06. The van der Waals surface area contributed by atoms with E-state index in [1.54, 1.807) is 0 Å². The molecule has 0 aliphatic rings. The molecule has 1 aromatic heterocycles. The molecule has 0 radical (unpaired) electrons. The van der Waals surface area contributed by atoms with Crippen LogP contribution in [0.15, 0.2) is 24.4 Å². The minimum atomic E-state index is 0.755. The van der Waals surface area contributed by atoms with E-state index in [-0.39, 0.29) is 0 Å². The Labute approximate surface area is 101 Å². The van der Waals surface area contributed by atoms with Crippen LogP contribution in [0, 0.1) is 0 Å². The van der Waals surface area contributed by atoms with Crippen LogP contribution in [0.4, 0.5) is 0 Å². The lowest BCUT2D eigenvalue weighted by molar-refractivity contribution is 0.745. The summed E-state index contributed by atoms with van der Waals surface area (Å²) in [6.07, 6.45) is 5.22. The lowest BCUT2D eigenvalue weighted by Crippen LogP contribution is -1.99. The van der Waals surface area contributed by atoms with Crippen molar-refractivity contribution >= 4 is 22.5 Å². The van der Waals surface area contributed by atoms with E-state index in [9.17, 15) is 0 Å². The first-order valence-electron chi connectivity index (χ1n) is 5.66. The molecule has 16 heavy (non-hydrogen) atoms. The highest BCUT2D eigenvalue weighted by Crippen LogP contribution is 2.28. The third-order valence-corrected chi connectivity index (χ3v) is 3.43. The second-order valence-electron chi connectivity index (χ2n) is 4.14. The Morgan fingerprint density at radius 2 is 2.06 bits per heavy atom. The van der Waals surface area contributed by atoms with Crippen molar-refractivity contribution in [1.82, 2.24) is 4.57 Å². The van der Waals surface area contributed by atoms with Crippen LogP contribution in [0.5, 0.6) is 0 Å². The van der Waals surface area contributed by atoms with Crippen molar-refractivity contribution in [1.29, 1.82) is 0 Å². The molecule has 1 heterocycles. The van der Waals surface area contributed by atoms with Gasteiger partial charge in [-0.05, 0) is 43.5 Å². The van der Waals surface area contributed by atoms with Gasteiger partial charge in [0.1, 0.15) is 0 Å². The molecule has 0 bridgehead atoms. The normalized spacial score (nSPS) is 11.2. The van der Waals surface area contributed by atoms with Crippen LogP contribution >= 0.6 is 11.6 Å². The van der Waals surface area contributed by atoms with Gasteiger partial charge in [0.15, 0.2) is 0 Å². The second kappa shape index (κ2) is 4.89. The standard InChI is InChI=1S/C13H17ClN2/c1-16-9-7-11-12(16)6-5-10(13(11)14)4-2-3-8-15/h5-7,9H,2-4,8,15H2,1H3. The van der Waals surface area contributed by atoms with Gasteiger partial charge in [0.25, 0.3) is 0 Å². The molecule has 0 unspecified atom stereocenters. The monoisotopic (exact) mass is 236 g/mol. The minimum absolute atomic E-state index is 0.755. The zero-order chi connectivity index (χ0) is 11.5. The van der Waals surface area contributed by atoms with E-state index in [0.717, 1.165) is 36.2 Å². The Kier molecular flexibility index (Phi) is 3.52. The molecule has 0 spiro atoms. The molecule has 0 fully saturated rings. The largest absolute Gasteiger partial charge is 0.351 e. The average Bonchev–Trinajstić information content (AvgIpc) is 2.65. The quantitative estimate of drug-likeness (QED) is 0.813. The molecule has 0 amide bonds. The number of nitrogens with zero attached hydrogens (tertiary/aromatic N) is 1. The molecule has 2 rings (SSSR count). The van der Waals surface area contributed by atoms with Crippen molar-refractivity contribution in [2.45, 2.75) is 19.3 Å². The van der Waals surface area contributed by atoms with Crippen LogP contribution in [0.1, 0.15) is 18.4 Å². The minimum Gasteiger partial charge on any atom is -0.351 e. The molecule has 2 nitrogen and oxygen atoms in total. The molecule has 3 heteroatoms. The predicted octanol–water partition coefficient (Wildman–Crippen LogP) is 3.11. The highest BCUT2D eigenvalue weighted by Gasteiger charge is 2.07. The molecule has 86 valence electrons.